The molecule has 6 nitrogen and oxygen atoms in total. The summed E-state index contributed by atoms with van der Waals surface area (Å²) in [5, 5.41) is 2.65. The van der Waals surface area contributed by atoms with E-state index >= 15 is 0 Å². The minimum absolute atomic E-state index is 0.113. The largest absolute Gasteiger partial charge is 0.471 e. The van der Waals surface area contributed by atoms with Gasteiger partial charge in [0.15, 0.2) is 0 Å². The Bertz CT molecular complexity index is 650. The van der Waals surface area contributed by atoms with Gasteiger partial charge in [0.05, 0.1) is 12.7 Å². The molecule has 0 aliphatic carbocycles. The molecule has 0 bridgehead atoms. The number of rotatable bonds is 3. The Hall–Kier alpha value is -2.58. The fourth-order valence-electron chi connectivity index (χ4n) is 2.58. The summed E-state index contributed by atoms with van der Waals surface area (Å²) in [7, 11) is 1.26. The van der Waals surface area contributed by atoms with Gasteiger partial charge >= 0.3 is 18.1 Å². The third kappa shape index (κ3) is 4.71. The van der Waals surface area contributed by atoms with Crippen molar-refractivity contribution in [3.8, 4) is 0 Å². The highest BCUT2D eigenvalue weighted by molar-refractivity contribution is 5.94. The Morgan fingerprint density at radius 2 is 1.68 bits per heavy atom. The maximum Gasteiger partial charge on any atom is 0.471 e. The summed E-state index contributed by atoms with van der Waals surface area (Å²) in [6.45, 7) is -0.227. The molecule has 0 atom stereocenters. The molecule has 1 N–H and O–H groups in total. The van der Waals surface area contributed by atoms with Gasteiger partial charge in [-0.3, -0.25) is 9.59 Å². The molecule has 0 aromatic heterocycles. The fraction of sp³-hybridized carbons (Fsp3) is 0.438. The van der Waals surface area contributed by atoms with Crippen LogP contribution in [0.2, 0.25) is 0 Å². The number of halogens is 3. The number of nitrogens with zero attached hydrogens (tertiary/aromatic N) is 1. The maximum absolute atomic E-state index is 12.4. The monoisotopic (exact) mass is 358 g/mol. The van der Waals surface area contributed by atoms with Crippen LogP contribution in [0.1, 0.15) is 23.2 Å². The van der Waals surface area contributed by atoms with E-state index in [-0.39, 0.29) is 31.8 Å². The first-order valence-corrected chi connectivity index (χ1v) is 7.57. The van der Waals surface area contributed by atoms with Gasteiger partial charge in [-0.15, -0.1) is 0 Å². The van der Waals surface area contributed by atoms with Crippen LogP contribution < -0.4 is 5.32 Å². The molecule has 1 aliphatic heterocycles. The summed E-state index contributed by atoms with van der Waals surface area (Å²) in [4.78, 5) is 35.4. The van der Waals surface area contributed by atoms with E-state index in [0.29, 0.717) is 11.3 Å². The van der Waals surface area contributed by atoms with E-state index in [1.54, 1.807) is 0 Å². The number of carbonyl (C=O) groups is 3. The van der Waals surface area contributed by atoms with E-state index in [2.05, 4.69) is 10.1 Å². The third-order valence-corrected chi connectivity index (χ3v) is 3.97. The Labute approximate surface area is 141 Å². The quantitative estimate of drug-likeness (QED) is 0.841. The molecule has 0 radical (unpaired) electrons. The SMILES string of the molecule is COC(=O)c1ccc(NC(=O)C2CCN(C(=O)C(F)(F)F)CC2)cc1. The molecule has 25 heavy (non-hydrogen) atoms. The van der Waals surface area contributed by atoms with E-state index < -0.39 is 24.0 Å². The molecule has 136 valence electrons. The predicted molar refractivity (Wildman–Crippen MR) is 81.8 cm³/mol. The summed E-state index contributed by atoms with van der Waals surface area (Å²) in [6, 6.07) is 6.05. The highest BCUT2D eigenvalue weighted by atomic mass is 19.4. The molecule has 1 aromatic carbocycles. The first-order chi connectivity index (χ1) is 11.7. The Morgan fingerprint density at radius 3 is 2.16 bits per heavy atom. The number of carbonyl (C=O) groups excluding carboxylic acids is 3. The zero-order valence-electron chi connectivity index (χ0n) is 13.4. The second kappa shape index (κ2) is 7.54. The number of alkyl halides is 3. The lowest BCUT2D eigenvalue weighted by atomic mass is 9.95. The van der Waals surface area contributed by atoms with E-state index in [4.69, 9.17) is 0 Å². The van der Waals surface area contributed by atoms with Gasteiger partial charge in [0.2, 0.25) is 5.91 Å². The molecule has 1 aromatic rings. The van der Waals surface area contributed by atoms with Gasteiger partial charge < -0.3 is 15.0 Å². The van der Waals surface area contributed by atoms with Crippen molar-refractivity contribution < 1.29 is 32.3 Å². The number of nitrogens with one attached hydrogen (secondary N) is 1. The predicted octanol–water partition coefficient (Wildman–Crippen LogP) is 2.21. The van der Waals surface area contributed by atoms with Gasteiger partial charge in [-0.25, -0.2) is 4.79 Å². The van der Waals surface area contributed by atoms with Gasteiger partial charge in [0, 0.05) is 24.7 Å². The van der Waals surface area contributed by atoms with Crippen LogP contribution in [-0.4, -0.2) is 49.1 Å². The van der Waals surface area contributed by atoms with Crippen LogP contribution in [0.25, 0.3) is 0 Å². The topological polar surface area (TPSA) is 75.7 Å². The summed E-state index contributed by atoms with van der Waals surface area (Å²) in [6.07, 6.45) is -4.57. The van der Waals surface area contributed by atoms with Crippen molar-refractivity contribution in [2.24, 2.45) is 5.92 Å². The number of anilines is 1. The summed E-state index contributed by atoms with van der Waals surface area (Å²) in [5.74, 6) is -3.17. The van der Waals surface area contributed by atoms with Crippen LogP contribution in [0.3, 0.4) is 0 Å². The number of esters is 1. The zero-order valence-corrected chi connectivity index (χ0v) is 13.4. The van der Waals surface area contributed by atoms with Crippen molar-refractivity contribution in [1.82, 2.24) is 4.90 Å². The van der Waals surface area contributed by atoms with E-state index in [1.165, 1.54) is 31.4 Å². The second-order valence-electron chi connectivity index (χ2n) is 5.62. The molecule has 1 heterocycles. The van der Waals surface area contributed by atoms with Gasteiger partial charge in [-0.05, 0) is 37.1 Å². The molecule has 0 spiro atoms. The minimum Gasteiger partial charge on any atom is -0.465 e. The van der Waals surface area contributed by atoms with E-state index in [9.17, 15) is 27.6 Å². The molecular formula is C16H17F3N2O4. The zero-order chi connectivity index (χ0) is 18.6. The number of hydrogen-bond donors (Lipinski definition) is 1. The van der Waals surface area contributed by atoms with Crippen molar-refractivity contribution in [2.75, 3.05) is 25.5 Å². The number of benzene rings is 1. The van der Waals surface area contributed by atoms with E-state index in [1.807, 2.05) is 0 Å². The highest BCUT2D eigenvalue weighted by Crippen LogP contribution is 2.24. The molecule has 1 fully saturated rings. The number of piperidine rings is 1. The van der Waals surface area contributed by atoms with Crippen molar-refractivity contribution in [3.05, 3.63) is 29.8 Å². The molecule has 1 saturated heterocycles. The smallest absolute Gasteiger partial charge is 0.465 e. The normalized spacial score (nSPS) is 15.6. The van der Waals surface area contributed by atoms with Crippen LogP contribution >= 0.6 is 0 Å². The second-order valence-corrected chi connectivity index (χ2v) is 5.62. The van der Waals surface area contributed by atoms with Crippen LogP contribution in [0, 0.1) is 5.92 Å². The Morgan fingerprint density at radius 1 is 1.12 bits per heavy atom. The molecule has 9 heteroatoms. The number of ether oxygens (including phenoxy) is 1. The van der Waals surface area contributed by atoms with Gasteiger partial charge in [0.25, 0.3) is 0 Å². The first-order valence-electron chi connectivity index (χ1n) is 7.57. The number of likely N-dealkylation sites (tertiary alicyclic amines) is 1. The highest BCUT2D eigenvalue weighted by Gasteiger charge is 2.43. The Kier molecular flexibility index (Phi) is 5.66. The van der Waals surface area contributed by atoms with Crippen molar-refractivity contribution in [2.45, 2.75) is 19.0 Å². The van der Waals surface area contributed by atoms with Crippen molar-refractivity contribution in [3.63, 3.8) is 0 Å². The fourth-order valence-corrected chi connectivity index (χ4v) is 2.58. The molecule has 0 unspecified atom stereocenters. The average molecular weight is 358 g/mol. The maximum atomic E-state index is 12.4. The number of hydrogen-bond acceptors (Lipinski definition) is 4. The lowest BCUT2D eigenvalue weighted by molar-refractivity contribution is -0.186. The third-order valence-electron chi connectivity index (χ3n) is 3.97. The van der Waals surface area contributed by atoms with Crippen molar-refractivity contribution >= 4 is 23.5 Å². The molecule has 1 aliphatic rings. The first kappa shape index (κ1) is 18.8. The molecule has 2 rings (SSSR count). The molecular weight excluding hydrogens is 341 g/mol. The van der Waals surface area contributed by atoms with Crippen LogP contribution in [0.5, 0.6) is 0 Å². The van der Waals surface area contributed by atoms with Crippen molar-refractivity contribution in [1.29, 1.82) is 0 Å². The molecule has 0 saturated carbocycles. The Balaban J connectivity index is 1.88. The lowest BCUT2D eigenvalue weighted by Gasteiger charge is -2.31. The minimum atomic E-state index is -4.89. The number of methoxy groups -OCH3 is 1. The van der Waals surface area contributed by atoms with Gasteiger partial charge in [0.1, 0.15) is 0 Å². The van der Waals surface area contributed by atoms with Gasteiger partial charge in [-0.2, -0.15) is 13.2 Å². The van der Waals surface area contributed by atoms with Gasteiger partial charge in [-0.1, -0.05) is 0 Å². The van der Waals surface area contributed by atoms with Crippen LogP contribution in [-0.2, 0) is 14.3 Å². The van der Waals surface area contributed by atoms with E-state index in [0.717, 1.165) is 4.90 Å². The lowest BCUT2D eigenvalue weighted by Crippen LogP contribution is -2.46. The van der Waals surface area contributed by atoms with Crippen LogP contribution in [0.4, 0.5) is 18.9 Å². The number of amides is 2. The average Bonchev–Trinajstić information content (AvgIpc) is 2.60. The molecule has 2 amide bonds. The standard InChI is InChI=1S/C16H17F3N2O4/c1-25-14(23)11-2-4-12(5-3-11)20-13(22)10-6-8-21(9-7-10)15(24)16(17,18)19/h2-5,10H,6-9H2,1H3,(H,20,22). The summed E-state index contributed by atoms with van der Waals surface area (Å²) >= 11 is 0. The summed E-state index contributed by atoms with van der Waals surface area (Å²) in [5.41, 5.74) is 0.797. The summed E-state index contributed by atoms with van der Waals surface area (Å²) < 4.78 is 41.7. The van der Waals surface area contributed by atoms with Crippen LogP contribution in [0.15, 0.2) is 24.3 Å².